The van der Waals surface area contributed by atoms with Crippen LogP contribution in [0.1, 0.15) is 13.8 Å². The summed E-state index contributed by atoms with van der Waals surface area (Å²) in [6.07, 6.45) is 0. The third kappa shape index (κ3) is 37.7. The summed E-state index contributed by atoms with van der Waals surface area (Å²) < 4.78 is 0. The Morgan fingerprint density at radius 1 is 1.55 bits per heavy atom. The standard InChI is InChI=1S/C3H4O3.C2H6OS.Na/c1-2(4)3(5)6;1-2(3)4;/h1H3,(H,5,6);2-4H,1H3;/q;;+1/p-1. The molecule has 11 heavy (non-hydrogen) atoms. The minimum Gasteiger partial charge on any atom is -0.542 e. The molecule has 0 bridgehead atoms. The summed E-state index contributed by atoms with van der Waals surface area (Å²) in [4.78, 5) is 18.7. The van der Waals surface area contributed by atoms with Crippen LogP contribution in [0, 0.1) is 0 Å². The third-order valence-electron chi connectivity index (χ3n) is 0.287. The Hall–Kier alpha value is 0.450. The van der Waals surface area contributed by atoms with E-state index in [4.69, 9.17) is 5.11 Å². The fraction of sp³-hybridized carbons (Fsp3) is 0.600. The molecule has 0 aliphatic carbocycles. The van der Waals surface area contributed by atoms with Crippen LogP contribution < -0.4 is 34.7 Å². The van der Waals surface area contributed by atoms with E-state index in [1.807, 2.05) is 0 Å². The summed E-state index contributed by atoms with van der Waals surface area (Å²) in [5.41, 5.74) is -0.472. The Morgan fingerprint density at radius 3 is 1.64 bits per heavy atom. The molecule has 0 aliphatic rings. The molecule has 0 aromatic rings. The molecule has 6 heteroatoms. The maximum atomic E-state index is 9.48. The molecule has 0 fully saturated rings. The van der Waals surface area contributed by atoms with E-state index >= 15 is 0 Å². The molecule has 4 nitrogen and oxygen atoms in total. The first-order chi connectivity index (χ1) is 4.37. The molecule has 0 heterocycles. The smallest absolute Gasteiger partial charge is 0.542 e. The van der Waals surface area contributed by atoms with Crippen molar-refractivity contribution in [3.63, 3.8) is 0 Å². The molecule has 60 valence electrons. The second kappa shape index (κ2) is 10.4. The summed E-state index contributed by atoms with van der Waals surface area (Å²) >= 11 is 3.52. The average molecular weight is 188 g/mol. The molecule has 1 atom stereocenters. The zero-order valence-electron chi connectivity index (χ0n) is 6.70. The van der Waals surface area contributed by atoms with Crippen molar-refractivity contribution in [1.29, 1.82) is 0 Å². The summed E-state index contributed by atoms with van der Waals surface area (Å²) in [6, 6.07) is 0. The molecule has 0 spiro atoms. The molecule has 0 aliphatic heterocycles. The van der Waals surface area contributed by atoms with Crippen LogP contribution >= 0.6 is 12.6 Å². The molecule has 0 saturated carbocycles. The minimum absolute atomic E-state index is 0. The number of aliphatic hydroxyl groups excluding tert-OH is 1. The number of aliphatic hydroxyl groups is 1. The molecule has 0 saturated heterocycles. The van der Waals surface area contributed by atoms with Gasteiger partial charge in [0.1, 0.15) is 5.97 Å². The second-order valence-corrected chi connectivity index (χ2v) is 2.22. The van der Waals surface area contributed by atoms with Gasteiger partial charge in [0.25, 0.3) is 0 Å². The fourth-order valence-electron chi connectivity index (χ4n) is 0. The molecular formula is C5H9NaO4S. The van der Waals surface area contributed by atoms with Crippen molar-refractivity contribution in [2.45, 2.75) is 19.3 Å². The van der Waals surface area contributed by atoms with Gasteiger partial charge in [-0.05, 0) is 6.92 Å². The number of rotatable bonds is 1. The van der Waals surface area contributed by atoms with E-state index in [0.29, 0.717) is 0 Å². The third-order valence-corrected chi connectivity index (χ3v) is 0.287. The number of ketones is 1. The van der Waals surface area contributed by atoms with E-state index in [0.717, 1.165) is 6.92 Å². The first-order valence-corrected chi connectivity index (χ1v) is 2.97. The van der Waals surface area contributed by atoms with Crippen molar-refractivity contribution in [2.75, 3.05) is 0 Å². The van der Waals surface area contributed by atoms with Crippen molar-refractivity contribution < 1.29 is 49.4 Å². The van der Waals surface area contributed by atoms with Crippen LogP contribution in [0.25, 0.3) is 0 Å². The van der Waals surface area contributed by atoms with Gasteiger partial charge in [0, 0.05) is 6.92 Å². The van der Waals surface area contributed by atoms with Gasteiger partial charge in [-0.25, -0.2) is 0 Å². The Balaban J connectivity index is -0.000000114. The van der Waals surface area contributed by atoms with Gasteiger partial charge in [0.2, 0.25) is 0 Å². The van der Waals surface area contributed by atoms with E-state index in [1.165, 1.54) is 0 Å². The van der Waals surface area contributed by atoms with Gasteiger partial charge in [0.05, 0.1) is 5.44 Å². The van der Waals surface area contributed by atoms with Crippen LogP contribution in [-0.4, -0.2) is 22.3 Å². The number of hydrogen-bond acceptors (Lipinski definition) is 5. The average Bonchev–Trinajstić information content (AvgIpc) is 1.63. The van der Waals surface area contributed by atoms with E-state index in [9.17, 15) is 14.7 Å². The number of carboxylic acids is 1. The van der Waals surface area contributed by atoms with Crippen LogP contribution in [-0.2, 0) is 9.59 Å². The summed E-state index contributed by atoms with van der Waals surface area (Å²) in [5, 5.41) is 17.2. The monoisotopic (exact) mass is 188 g/mol. The van der Waals surface area contributed by atoms with E-state index < -0.39 is 17.2 Å². The van der Waals surface area contributed by atoms with Gasteiger partial charge >= 0.3 is 29.6 Å². The first kappa shape index (κ1) is 17.5. The number of thiol groups is 1. The number of carboxylic acid groups (broad SMARTS) is 1. The number of carbonyl (C=O) groups is 2. The van der Waals surface area contributed by atoms with E-state index in [-0.39, 0.29) is 29.6 Å². The predicted octanol–water partition coefficient (Wildman–Crippen LogP) is -4.42. The normalized spacial score (nSPS) is 9.82. The van der Waals surface area contributed by atoms with Crippen LogP contribution in [0.3, 0.4) is 0 Å². The number of aliphatic carboxylic acids is 1. The molecular weight excluding hydrogens is 179 g/mol. The van der Waals surface area contributed by atoms with Gasteiger partial charge in [-0.2, -0.15) is 0 Å². The van der Waals surface area contributed by atoms with E-state index in [1.54, 1.807) is 6.92 Å². The predicted molar refractivity (Wildman–Crippen MR) is 36.4 cm³/mol. The van der Waals surface area contributed by atoms with Crippen LogP contribution in [0.15, 0.2) is 0 Å². The Bertz CT molecular complexity index is 111. The number of carbonyl (C=O) groups excluding carboxylic acids is 2. The summed E-state index contributed by atoms with van der Waals surface area (Å²) in [6.45, 7) is 2.53. The van der Waals surface area contributed by atoms with Crippen LogP contribution in [0.2, 0.25) is 0 Å². The summed E-state index contributed by atoms with van der Waals surface area (Å²) in [7, 11) is 0. The Kier molecular flexibility index (Phi) is 16.6. The topological polar surface area (TPSA) is 77.4 Å². The quantitative estimate of drug-likeness (QED) is 0.188. The molecule has 0 aromatic heterocycles. The molecule has 0 amide bonds. The summed E-state index contributed by atoms with van der Waals surface area (Å²) in [5.74, 6) is -2.56. The van der Waals surface area contributed by atoms with Gasteiger partial charge in [-0.15, -0.1) is 12.6 Å². The molecule has 1 unspecified atom stereocenters. The largest absolute Gasteiger partial charge is 1.00 e. The van der Waals surface area contributed by atoms with Crippen molar-refractivity contribution >= 4 is 24.4 Å². The maximum Gasteiger partial charge on any atom is 1.00 e. The van der Waals surface area contributed by atoms with Gasteiger partial charge in [0.15, 0.2) is 5.78 Å². The maximum absolute atomic E-state index is 9.48. The van der Waals surface area contributed by atoms with Crippen molar-refractivity contribution in [3.05, 3.63) is 0 Å². The van der Waals surface area contributed by atoms with Crippen molar-refractivity contribution in [2.24, 2.45) is 0 Å². The first-order valence-electron chi connectivity index (χ1n) is 2.46. The zero-order chi connectivity index (χ0) is 8.73. The van der Waals surface area contributed by atoms with Crippen LogP contribution in [0.5, 0.6) is 0 Å². The number of Topliss-reactive ketones (excluding diaryl/α,β-unsaturated/α-hetero) is 1. The Labute approximate surface area is 92.7 Å². The van der Waals surface area contributed by atoms with Crippen molar-refractivity contribution in [3.8, 4) is 0 Å². The molecule has 0 aromatic carbocycles. The van der Waals surface area contributed by atoms with Crippen molar-refractivity contribution in [1.82, 2.24) is 0 Å². The molecule has 1 N–H and O–H groups in total. The van der Waals surface area contributed by atoms with Gasteiger partial charge < -0.3 is 15.0 Å². The minimum atomic E-state index is -1.63. The van der Waals surface area contributed by atoms with Gasteiger partial charge in [-0.3, -0.25) is 4.79 Å². The fourth-order valence-corrected chi connectivity index (χ4v) is 0. The SMILES string of the molecule is CC(=O)C(=O)[O-].CC(O)S.[Na+]. The zero-order valence-corrected chi connectivity index (χ0v) is 9.59. The molecule has 0 rings (SSSR count). The van der Waals surface area contributed by atoms with Crippen LogP contribution in [0.4, 0.5) is 0 Å². The molecule has 0 radical (unpaired) electrons. The Morgan fingerprint density at radius 2 is 1.64 bits per heavy atom. The number of hydrogen-bond donors (Lipinski definition) is 2. The van der Waals surface area contributed by atoms with E-state index in [2.05, 4.69) is 12.6 Å². The van der Waals surface area contributed by atoms with Gasteiger partial charge in [-0.1, -0.05) is 0 Å². The second-order valence-electron chi connectivity index (χ2n) is 1.48.